The van der Waals surface area contributed by atoms with Crippen molar-refractivity contribution >= 4 is 17.1 Å². The van der Waals surface area contributed by atoms with Gasteiger partial charge < -0.3 is 0 Å². The summed E-state index contributed by atoms with van der Waals surface area (Å²) in [7, 11) is 0. The van der Waals surface area contributed by atoms with Crippen molar-refractivity contribution in [1.82, 2.24) is 4.98 Å². The maximum Gasteiger partial charge on any atom is 0.139 e. The van der Waals surface area contributed by atoms with Crippen molar-refractivity contribution in [3.05, 3.63) is 16.1 Å². The third kappa shape index (κ3) is 4.56. The lowest BCUT2D eigenvalue weighted by molar-refractivity contribution is -0.119. The summed E-state index contributed by atoms with van der Waals surface area (Å²) in [5.41, 5.74) is 1.02. The zero-order chi connectivity index (χ0) is 11.3. The molecule has 1 aromatic heterocycles. The summed E-state index contributed by atoms with van der Waals surface area (Å²) in [4.78, 5) is 16.0. The maximum absolute atomic E-state index is 11.7. The van der Waals surface area contributed by atoms with E-state index in [0.717, 1.165) is 23.5 Å². The van der Waals surface area contributed by atoms with Gasteiger partial charge in [-0.05, 0) is 12.8 Å². The number of aromatic nitrogens is 1. The van der Waals surface area contributed by atoms with Crippen LogP contribution in [0, 0.1) is 12.8 Å². The standard InChI is InChI=1S/C12H19NOS/c1-4-5-9(2)6-11(14)7-12-13-10(3)8-15-12/h8-9H,4-7H2,1-3H3. The minimum Gasteiger partial charge on any atom is -0.299 e. The van der Waals surface area contributed by atoms with E-state index in [-0.39, 0.29) is 0 Å². The van der Waals surface area contributed by atoms with E-state index in [4.69, 9.17) is 0 Å². The fourth-order valence-electron chi connectivity index (χ4n) is 1.71. The predicted molar refractivity (Wildman–Crippen MR) is 64.3 cm³/mol. The highest BCUT2D eigenvalue weighted by atomic mass is 32.1. The summed E-state index contributed by atoms with van der Waals surface area (Å²) in [6.07, 6.45) is 3.52. The molecule has 0 N–H and O–H groups in total. The summed E-state index contributed by atoms with van der Waals surface area (Å²) < 4.78 is 0. The van der Waals surface area contributed by atoms with Crippen LogP contribution in [-0.2, 0) is 11.2 Å². The molecule has 1 rings (SSSR count). The van der Waals surface area contributed by atoms with Crippen LogP contribution in [0.5, 0.6) is 0 Å². The Morgan fingerprint density at radius 3 is 2.87 bits per heavy atom. The van der Waals surface area contributed by atoms with Gasteiger partial charge in [0.05, 0.1) is 6.42 Å². The number of hydrogen-bond acceptors (Lipinski definition) is 3. The molecule has 0 saturated carbocycles. The second kappa shape index (κ2) is 6.01. The lowest BCUT2D eigenvalue weighted by atomic mass is 9.98. The first-order valence-electron chi connectivity index (χ1n) is 5.54. The number of carbonyl (C=O) groups excluding carboxylic acids is 1. The molecule has 0 aromatic carbocycles. The first-order chi connectivity index (χ1) is 7.11. The normalized spacial score (nSPS) is 12.7. The molecule has 1 unspecified atom stereocenters. The number of nitrogens with zero attached hydrogens (tertiary/aromatic N) is 1. The first kappa shape index (κ1) is 12.4. The molecule has 0 aliphatic carbocycles. The number of hydrogen-bond donors (Lipinski definition) is 0. The molecule has 1 heterocycles. The highest BCUT2D eigenvalue weighted by molar-refractivity contribution is 7.09. The summed E-state index contributed by atoms with van der Waals surface area (Å²) in [6, 6.07) is 0. The van der Waals surface area contributed by atoms with E-state index in [2.05, 4.69) is 18.8 Å². The Balaban J connectivity index is 2.36. The largest absolute Gasteiger partial charge is 0.299 e. The smallest absolute Gasteiger partial charge is 0.139 e. The molecule has 1 aromatic rings. The van der Waals surface area contributed by atoms with Gasteiger partial charge in [0, 0.05) is 17.5 Å². The van der Waals surface area contributed by atoms with Crippen LogP contribution >= 0.6 is 11.3 Å². The number of rotatable bonds is 6. The third-order valence-corrected chi connectivity index (χ3v) is 3.34. The van der Waals surface area contributed by atoms with Crippen molar-refractivity contribution in [3.8, 4) is 0 Å². The number of carbonyl (C=O) groups is 1. The van der Waals surface area contributed by atoms with Gasteiger partial charge in [-0.3, -0.25) is 4.79 Å². The number of Topliss-reactive ketones (excluding diaryl/α,β-unsaturated/α-hetero) is 1. The molecule has 0 aliphatic heterocycles. The van der Waals surface area contributed by atoms with Crippen LogP contribution in [0.1, 0.15) is 43.8 Å². The van der Waals surface area contributed by atoms with Gasteiger partial charge in [0.1, 0.15) is 10.8 Å². The van der Waals surface area contributed by atoms with Crippen LogP contribution in [0.3, 0.4) is 0 Å². The van der Waals surface area contributed by atoms with Gasteiger partial charge in [-0.2, -0.15) is 0 Å². The third-order valence-electron chi connectivity index (χ3n) is 2.37. The Kier molecular flexibility index (Phi) is 4.95. The van der Waals surface area contributed by atoms with E-state index in [1.807, 2.05) is 12.3 Å². The van der Waals surface area contributed by atoms with E-state index in [1.165, 1.54) is 0 Å². The van der Waals surface area contributed by atoms with Crippen LogP contribution in [0.2, 0.25) is 0 Å². The van der Waals surface area contributed by atoms with Crippen LogP contribution in [0.15, 0.2) is 5.38 Å². The summed E-state index contributed by atoms with van der Waals surface area (Å²) in [5, 5.41) is 2.96. The van der Waals surface area contributed by atoms with Gasteiger partial charge in [-0.15, -0.1) is 11.3 Å². The van der Waals surface area contributed by atoms with E-state index in [9.17, 15) is 4.79 Å². The minimum absolute atomic E-state index is 0.324. The van der Waals surface area contributed by atoms with Crippen molar-refractivity contribution in [2.75, 3.05) is 0 Å². The fraction of sp³-hybridized carbons (Fsp3) is 0.667. The molecular weight excluding hydrogens is 206 g/mol. The quantitative estimate of drug-likeness (QED) is 0.742. The lowest BCUT2D eigenvalue weighted by Gasteiger charge is -2.07. The highest BCUT2D eigenvalue weighted by Gasteiger charge is 2.10. The highest BCUT2D eigenvalue weighted by Crippen LogP contribution is 2.14. The molecule has 2 nitrogen and oxygen atoms in total. The molecule has 0 fully saturated rings. The van der Waals surface area contributed by atoms with Crippen LogP contribution in [-0.4, -0.2) is 10.8 Å². The van der Waals surface area contributed by atoms with Crippen molar-refractivity contribution in [1.29, 1.82) is 0 Å². The van der Waals surface area contributed by atoms with Crippen molar-refractivity contribution in [2.45, 2.75) is 46.5 Å². The molecule has 84 valence electrons. The topological polar surface area (TPSA) is 30.0 Å². The molecule has 0 aliphatic rings. The molecule has 3 heteroatoms. The molecule has 0 radical (unpaired) electrons. The average molecular weight is 225 g/mol. The molecule has 1 atom stereocenters. The van der Waals surface area contributed by atoms with Crippen molar-refractivity contribution in [2.24, 2.45) is 5.92 Å². The van der Waals surface area contributed by atoms with Gasteiger partial charge in [0.15, 0.2) is 0 Å². The molecule has 0 bridgehead atoms. The molecular formula is C12H19NOS. The molecule has 0 spiro atoms. The number of ketones is 1. The number of thiazole rings is 1. The summed E-state index contributed by atoms with van der Waals surface area (Å²) >= 11 is 1.59. The Labute approximate surface area is 95.7 Å². The van der Waals surface area contributed by atoms with E-state index in [1.54, 1.807) is 11.3 Å². The SMILES string of the molecule is CCCC(C)CC(=O)Cc1nc(C)cs1. The van der Waals surface area contributed by atoms with E-state index in [0.29, 0.717) is 24.5 Å². The second-order valence-corrected chi connectivity index (χ2v) is 5.14. The van der Waals surface area contributed by atoms with Crippen LogP contribution < -0.4 is 0 Å². The molecule has 15 heavy (non-hydrogen) atoms. The second-order valence-electron chi connectivity index (χ2n) is 4.20. The Hall–Kier alpha value is -0.700. The van der Waals surface area contributed by atoms with Crippen molar-refractivity contribution < 1.29 is 4.79 Å². The van der Waals surface area contributed by atoms with Crippen LogP contribution in [0.4, 0.5) is 0 Å². The van der Waals surface area contributed by atoms with Crippen molar-refractivity contribution in [3.63, 3.8) is 0 Å². The average Bonchev–Trinajstić information content (AvgIpc) is 2.51. The van der Waals surface area contributed by atoms with E-state index >= 15 is 0 Å². The van der Waals surface area contributed by atoms with Gasteiger partial charge in [0.25, 0.3) is 0 Å². The molecule has 0 amide bonds. The predicted octanol–water partition coefficient (Wildman–Crippen LogP) is 3.39. The fourth-order valence-corrected chi connectivity index (χ4v) is 2.51. The zero-order valence-corrected chi connectivity index (χ0v) is 10.6. The van der Waals surface area contributed by atoms with E-state index < -0.39 is 0 Å². The Bertz CT molecular complexity index is 319. The Morgan fingerprint density at radius 1 is 1.60 bits per heavy atom. The monoisotopic (exact) mass is 225 g/mol. The van der Waals surface area contributed by atoms with Gasteiger partial charge in [0.2, 0.25) is 0 Å². The molecule has 0 saturated heterocycles. The van der Waals surface area contributed by atoms with Gasteiger partial charge in [-0.25, -0.2) is 4.98 Å². The van der Waals surface area contributed by atoms with Crippen LogP contribution in [0.25, 0.3) is 0 Å². The maximum atomic E-state index is 11.7. The van der Waals surface area contributed by atoms with Gasteiger partial charge >= 0.3 is 0 Å². The lowest BCUT2D eigenvalue weighted by Crippen LogP contribution is -2.08. The van der Waals surface area contributed by atoms with Gasteiger partial charge in [-0.1, -0.05) is 26.7 Å². The summed E-state index contributed by atoms with van der Waals surface area (Å²) in [5.74, 6) is 0.842. The Morgan fingerprint density at radius 2 is 2.33 bits per heavy atom. The summed E-state index contributed by atoms with van der Waals surface area (Å²) in [6.45, 7) is 6.27. The minimum atomic E-state index is 0.324. The first-order valence-corrected chi connectivity index (χ1v) is 6.42. The number of aryl methyl sites for hydroxylation is 1. The zero-order valence-electron chi connectivity index (χ0n) is 9.75.